The summed E-state index contributed by atoms with van der Waals surface area (Å²) in [7, 11) is 0. The topological polar surface area (TPSA) is 41.6 Å². The van der Waals surface area contributed by atoms with E-state index < -0.39 is 18.0 Å². The van der Waals surface area contributed by atoms with Crippen molar-refractivity contribution in [1.29, 1.82) is 0 Å². The first-order chi connectivity index (χ1) is 13.9. The largest absolute Gasteiger partial charge is 0.573 e. The van der Waals surface area contributed by atoms with Gasteiger partial charge >= 0.3 is 6.36 Å². The quantitative estimate of drug-likeness (QED) is 0.617. The van der Waals surface area contributed by atoms with Crippen LogP contribution in [0.1, 0.15) is 38.3 Å². The van der Waals surface area contributed by atoms with Crippen LogP contribution in [0.25, 0.3) is 0 Å². The van der Waals surface area contributed by atoms with Gasteiger partial charge in [-0.05, 0) is 29.0 Å². The van der Waals surface area contributed by atoms with Gasteiger partial charge in [-0.1, -0.05) is 56.6 Å². The zero-order valence-electron chi connectivity index (χ0n) is 17.1. The third kappa shape index (κ3) is 5.81. The highest BCUT2D eigenvalue weighted by Gasteiger charge is 2.34. The second-order valence-electron chi connectivity index (χ2n) is 8.57. The van der Waals surface area contributed by atoms with Gasteiger partial charge < -0.3 is 15.0 Å². The SMILES string of the molecule is CC(C)(C)CC(=O)Nc1c(Cl)cc(N2CCc3ccccc3C2)cc1OC(F)(F)F. The molecule has 0 atom stereocenters. The van der Waals surface area contributed by atoms with Crippen molar-refractivity contribution in [1.82, 2.24) is 0 Å². The van der Waals surface area contributed by atoms with Crippen molar-refractivity contribution in [3.63, 3.8) is 0 Å². The first kappa shape index (κ1) is 22.3. The Morgan fingerprint density at radius 2 is 1.83 bits per heavy atom. The van der Waals surface area contributed by atoms with Gasteiger partial charge in [0.25, 0.3) is 0 Å². The van der Waals surface area contributed by atoms with E-state index in [1.165, 1.54) is 11.6 Å². The first-order valence-electron chi connectivity index (χ1n) is 9.62. The van der Waals surface area contributed by atoms with Crippen LogP contribution >= 0.6 is 11.6 Å². The van der Waals surface area contributed by atoms with Gasteiger partial charge in [0, 0.05) is 31.3 Å². The van der Waals surface area contributed by atoms with Crippen LogP contribution in [-0.4, -0.2) is 18.8 Å². The smallest absolute Gasteiger partial charge is 0.403 e. The average Bonchev–Trinajstić information content (AvgIpc) is 2.61. The molecule has 0 aromatic heterocycles. The Morgan fingerprint density at radius 3 is 2.47 bits per heavy atom. The van der Waals surface area contributed by atoms with E-state index in [0.29, 0.717) is 18.8 Å². The molecule has 1 heterocycles. The molecule has 2 aromatic carbocycles. The number of ether oxygens (including phenoxy) is 1. The summed E-state index contributed by atoms with van der Waals surface area (Å²) in [6.07, 6.45) is -4.02. The number of carbonyl (C=O) groups excluding carboxylic acids is 1. The molecule has 1 amide bonds. The number of hydrogen-bond acceptors (Lipinski definition) is 3. The van der Waals surface area contributed by atoms with E-state index in [4.69, 9.17) is 11.6 Å². The van der Waals surface area contributed by atoms with Crippen molar-refractivity contribution >= 4 is 28.9 Å². The van der Waals surface area contributed by atoms with Crippen LogP contribution in [0.15, 0.2) is 36.4 Å². The maximum absolute atomic E-state index is 13.0. The van der Waals surface area contributed by atoms with Crippen molar-refractivity contribution in [3.8, 4) is 5.75 Å². The monoisotopic (exact) mass is 440 g/mol. The lowest BCUT2D eigenvalue weighted by molar-refractivity contribution is -0.274. The lowest BCUT2D eigenvalue weighted by atomic mass is 9.92. The minimum atomic E-state index is -4.92. The molecule has 0 aliphatic carbocycles. The summed E-state index contributed by atoms with van der Waals surface area (Å²) >= 11 is 6.31. The Kier molecular flexibility index (Phi) is 6.22. The third-order valence-corrected chi connectivity index (χ3v) is 5.01. The summed E-state index contributed by atoms with van der Waals surface area (Å²) in [6.45, 7) is 6.76. The number of nitrogens with one attached hydrogen (secondary N) is 1. The number of amides is 1. The van der Waals surface area contributed by atoms with Crippen molar-refractivity contribution in [2.75, 3.05) is 16.8 Å². The number of carbonyl (C=O) groups is 1. The van der Waals surface area contributed by atoms with Gasteiger partial charge in [0.15, 0.2) is 5.75 Å². The lowest BCUT2D eigenvalue weighted by Gasteiger charge is -2.31. The molecule has 0 bridgehead atoms. The number of rotatable bonds is 4. The van der Waals surface area contributed by atoms with E-state index in [9.17, 15) is 18.0 Å². The number of alkyl halides is 3. The molecule has 0 saturated heterocycles. The molecule has 8 heteroatoms. The summed E-state index contributed by atoms with van der Waals surface area (Å²) in [5.41, 5.74) is 2.33. The van der Waals surface area contributed by atoms with Crippen LogP contribution in [0.2, 0.25) is 5.02 Å². The second kappa shape index (κ2) is 8.38. The number of nitrogens with zero attached hydrogens (tertiary/aromatic N) is 1. The Morgan fingerprint density at radius 1 is 1.17 bits per heavy atom. The van der Waals surface area contributed by atoms with Crippen molar-refractivity contribution in [2.45, 2.75) is 46.5 Å². The third-order valence-electron chi connectivity index (χ3n) is 4.72. The molecular weight excluding hydrogens is 417 g/mol. The molecule has 1 aliphatic rings. The Balaban J connectivity index is 1.92. The Bertz CT molecular complexity index is 939. The molecule has 3 rings (SSSR count). The molecule has 0 radical (unpaired) electrons. The molecule has 4 nitrogen and oxygen atoms in total. The van der Waals surface area contributed by atoms with Crippen LogP contribution in [0.5, 0.6) is 5.75 Å². The van der Waals surface area contributed by atoms with Crippen LogP contribution in [-0.2, 0) is 17.8 Å². The fraction of sp³-hybridized carbons (Fsp3) is 0.409. The van der Waals surface area contributed by atoms with Gasteiger partial charge in [0.05, 0.1) is 5.02 Å². The normalized spacial score (nSPS) is 14.3. The Labute approximate surface area is 179 Å². The fourth-order valence-electron chi connectivity index (χ4n) is 3.46. The average molecular weight is 441 g/mol. The van der Waals surface area contributed by atoms with Crippen molar-refractivity contribution in [3.05, 3.63) is 52.5 Å². The summed E-state index contributed by atoms with van der Waals surface area (Å²) in [5.74, 6) is -0.956. The van der Waals surface area contributed by atoms with E-state index >= 15 is 0 Å². The van der Waals surface area contributed by atoms with Crippen molar-refractivity contribution < 1.29 is 22.7 Å². The summed E-state index contributed by atoms with van der Waals surface area (Å²) < 4.78 is 43.3. The molecule has 0 spiro atoms. The number of hydrogen-bond donors (Lipinski definition) is 1. The van der Waals surface area contributed by atoms with E-state index in [0.717, 1.165) is 12.0 Å². The van der Waals surface area contributed by atoms with Gasteiger partial charge in [-0.15, -0.1) is 13.2 Å². The van der Waals surface area contributed by atoms with Crippen LogP contribution in [0, 0.1) is 5.41 Å². The number of anilines is 2. The molecule has 1 N–H and O–H groups in total. The highest BCUT2D eigenvalue weighted by molar-refractivity contribution is 6.34. The molecule has 162 valence electrons. The lowest BCUT2D eigenvalue weighted by Crippen LogP contribution is -2.30. The Hall–Kier alpha value is -2.41. The molecule has 30 heavy (non-hydrogen) atoms. The van der Waals surface area contributed by atoms with Crippen LogP contribution < -0.4 is 15.0 Å². The molecule has 0 unspecified atom stereocenters. The standard InChI is InChI=1S/C22H24ClF3N2O2/c1-21(2,3)12-19(29)27-20-17(23)10-16(11-18(20)30-22(24,25)26)28-9-8-14-6-4-5-7-15(14)13-28/h4-7,10-11H,8-9,12-13H2,1-3H3,(H,27,29). The predicted octanol–water partition coefficient (Wildman–Crippen LogP) is 6.18. The van der Waals surface area contributed by atoms with Gasteiger partial charge in [0.1, 0.15) is 5.69 Å². The van der Waals surface area contributed by atoms with Gasteiger partial charge in [0.2, 0.25) is 5.91 Å². The van der Waals surface area contributed by atoms with E-state index in [2.05, 4.69) is 10.1 Å². The first-order valence-corrected chi connectivity index (χ1v) is 10.00. The molecule has 1 aliphatic heterocycles. The van der Waals surface area contributed by atoms with Crippen molar-refractivity contribution in [2.24, 2.45) is 5.41 Å². The second-order valence-corrected chi connectivity index (χ2v) is 8.98. The van der Waals surface area contributed by atoms with Gasteiger partial charge in [-0.3, -0.25) is 4.79 Å². The minimum Gasteiger partial charge on any atom is -0.403 e. The number of fused-ring (bicyclic) bond motifs is 1. The zero-order chi connectivity index (χ0) is 22.1. The minimum absolute atomic E-state index is 0.00660. The van der Waals surface area contributed by atoms with E-state index in [1.807, 2.05) is 49.9 Å². The number of halogens is 4. The molecule has 2 aromatic rings. The van der Waals surface area contributed by atoms with Crippen LogP contribution in [0.4, 0.5) is 24.5 Å². The van der Waals surface area contributed by atoms with E-state index in [-0.39, 0.29) is 22.5 Å². The molecule has 0 fully saturated rings. The van der Waals surface area contributed by atoms with E-state index in [1.54, 1.807) is 6.07 Å². The summed E-state index contributed by atoms with van der Waals surface area (Å²) in [5, 5.41) is 2.48. The zero-order valence-corrected chi connectivity index (χ0v) is 17.8. The van der Waals surface area contributed by atoms with Gasteiger partial charge in [-0.25, -0.2) is 0 Å². The highest BCUT2D eigenvalue weighted by Crippen LogP contribution is 2.41. The highest BCUT2D eigenvalue weighted by atomic mass is 35.5. The maximum atomic E-state index is 13.0. The maximum Gasteiger partial charge on any atom is 0.573 e. The van der Waals surface area contributed by atoms with Crippen LogP contribution in [0.3, 0.4) is 0 Å². The number of benzene rings is 2. The fourth-order valence-corrected chi connectivity index (χ4v) is 3.71. The molecule has 0 saturated carbocycles. The molecular formula is C22H24ClF3N2O2. The summed E-state index contributed by atoms with van der Waals surface area (Å²) in [4.78, 5) is 14.2. The van der Waals surface area contributed by atoms with Gasteiger partial charge in [-0.2, -0.15) is 0 Å². The predicted molar refractivity (Wildman–Crippen MR) is 112 cm³/mol. The summed E-state index contributed by atoms with van der Waals surface area (Å²) in [6, 6.07) is 10.8.